The Morgan fingerprint density at radius 2 is 0.732 bits per heavy atom. The zero-order chi connectivity index (χ0) is 28.2. The van der Waals surface area contributed by atoms with Crippen molar-refractivity contribution < 1.29 is 22.0 Å². The summed E-state index contributed by atoms with van der Waals surface area (Å²) in [5, 5.41) is 5.26. The van der Waals surface area contributed by atoms with E-state index < -0.39 is 34.6 Å². The maximum absolute atomic E-state index is 14.8. The van der Waals surface area contributed by atoms with Crippen LogP contribution in [0.1, 0.15) is 0 Å². The van der Waals surface area contributed by atoms with Gasteiger partial charge in [0.1, 0.15) is 0 Å². The lowest BCUT2D eigenvalue weighted by Gasteiger charge is -2.17. The molecule has 0 bridgehead atoms. The second-order valence-corrected chi connectivity index (χ2v) is 9.92. The van der Waals surface area contributed by atoms with E-state index in [-0.39, 0.29) is 5.56 Å². The van der Waals surface area contributed by atoms with Crippen molar-refractivity contribution >= 4 is 32.3 Å². The highest BCUT2D eigenvalue weighted by Crippen LogP contribution is 2.42. The Kier molecular flexibility index (Phi) is 5.82. The highest BCUT2D eigenvalue weighted by molar-refractivity contribution is 6.12. The minimum absolute atomic E-state index is 0.0748. The van der Waals surface area contributed by atoms with Crippen molar-refractivity contribution in [3.05, 3.63) is 144 Å². The van der Waals surface area contributed by atoms with Gasteiger partial charge in [0, 0.05) is 0 Å². The fourth-order valence-electron chi connectivity index (χ4n) is 5.74. The van der Waals surface area contributed by atoms with Crippen molar-refractivity contribution in [3.63, 3.8) is 0 Å². The van der Waals surface area contributed by atoms with E-state index in [0.29, 0.717) is 10.8 Å². The van der Waals surface area contributed by atoms with Crippen LogP contribution in [0.5, 0.6) is 0 Å². The molecule has 0 radical (unpaired) electrons. The Morgan fingerprint density at radius 3 is 1.32 bits per heavy atom. The number of rotatable bonds is 3. The summed E-state index contributed by atoms with van der Waals surface area (Å²) in [6, 6.07) is 36.5. The molecule has 7 aromatic rings. The molecule has 0 unspecified atom stereocenters. The fourth-order valence-corrected chi connectivity index (χ4v) is 5.74. The summed E-state index contributed by atoms with van der Waals surface area (Å²) >= 11 is 0. The van der Waals surface area contributed by atoms with E-state index in [9.17, 15) is 22.0 Å². The van der Waals surface area contributed by atoms with Crippen LogP contribution in [0.15, 0.2) is 115 Å². The second kappa shape index (κ2) is 9.56. The zero-order valence-corrected chi connectivity index (χ0v) is 21.4. The zero-order valence-electron chi connectivity index (χ0n) is 21.4. The number of hydrogen-bond donors (Lipinski definition) is 0. The van der Waals surface area contributed by atoms with Crippen LogP contribution in [0, 0.1) is 29.1 Å². The smallest absolute Gasteiger partial charge is 0.200 e. The van der Waals surface area contributed by atoms with Crippen LogP contribution in [-0.4, -0.2) is 0 Å². The Balaban J connectivity index is 1.46. The van der Waals surface area contributed by atoms with Gasteiger partial charge >= 0.3 is 0 Å². The molecular weight excluding hydrogens is 527 g/mol. The van der Waals surface area contributed by atoms with Crippen LogP contribution in [0.4, 0.5) is 22.0 Å². The van der Waals surface area contributed by atoms with Gasteiger partial charge in [-0.2, -0.15) is 0 Å². The average Bonchev–Trinajstić information content (AvgIpc) is 3.02. The first-order chi connectivity index (χ1) is 19.9. The van der Waals surface area contributed by atoms with E-state index in [4.69, 9.17) is 0 Å². The maximum Gasteiger partial charge on any atom is 0.200 e. The number of halogens is 5. The molecule has 0 fully saturated rings. The summed E-state index contributed by atoms with van der Waals surface area (Å²) in [7, 11) is 0. The van der Waals surface area contributed by atoms with E-state index in [2.05, 4.69) is 42.5 Å². The molecule has 0 N–H and O–H groups in total. The van der Waals surface area contributed by atoms with Gasteiger partial charge in [-0.1, -0.05) is 109 Å². The lowest BCUT2D eigenvalue weighted by atomic mass is 9.87. The van der Waals surface area contributed by atoms with Crippen LogP contribution >= 0.6 is 0 Å². The molecule has 41 heavy (non-hydrogen) atoms. The van der Waals surface area contributed by atoms with Crippen LogP contribution < -0.4 is 0 Å². The summed E-state index contributed by atoms with van der Waals surface area (Å²) < 4.78 is 71.6. The molecule has 0 spiro atoms. The Hall–Kier alpha value is -5.03. The van der Waals surface area contributed by atoms with Crippen molar-refractivity contribution in [1.82, 2.24) is 0 Å². The topological polar surface area (TPSA) is 0 Å². The molecular formula is C36H19F5. The minimum Gasteiger partial charge on any atom is -0.203 e. The lowest BCUT2D eigenvalue weighted by molar-refractivity contribution is 0.381. The summed E-state index contributed by atoms with van der Waals surface area (Å²) in [5.41, 5.74) is 2.75. The van der Waals surface area contributed by atoms with E-state index >= 15 is 0 Å². The predicted octanol–water partition coefficient (Wildman–Crippen LogP) is 10.8. The molecule has 7 aromatic carbocycles. The van der Waals surface area contributed by atoms with E-state index in [1.165, 1.54) is 6.07 Å². The number of benzene rings is 7. The standard InChI is InChI=1S/C36H19F5/c37-32-31(33(38)35(40)36(41)34(32)39)30-18-17-29(26-11-5-6-12-27(26)30)28-16-15-23(24-9-3-4-10-25(24)28)22-14-13-20-7-1-2-8-21(20)19-22/h1-19H. The molecule has 0 amide bonds. The van der Waals surface area contributed by atoms with Gasteiger partial charge in [-0.25, -0.2) is 22.0 Å². The average molecular weight is 547 g/mol. The maximum atomic E-state index is 14.8. The normalized spacial score (nSPS) is 11.5. The second-order valence-electron chi connectivity index (χ2n) is 9.92. The monoisotopic (exact) mass is 546 g/mol. The molecule has 0 saturated heterocycles. The van der Waals surface area contributed by atoms with Gasteiger partial charge in [-0.05, 0) is 66.2 Å². The first-order valence-electron chi connectivity index (χ1n) is 13.0. The molecule has 5 heteroatoms. The first-order valence-corrected chi connectivity index (χ1v) is 13.0. The van der Waals surface area contributed by atoms with E-state index in [1.54, 1.807) is 30.3 Å². The van der Waals surface area contributed by atoms with Gasteiger partial charge in [0.25, 0.3) is 0 Å². The molecule has 0 heterocycles. The highest BCUT2D eigenvalue weighted by Gasteiger charge is 2.28. The van der Waals surface area contributed by atoms with Crippen LogP contribution in [0.25, 0.3) is 65.7 Å². The van der Waals surface area contributed by atoms with Crippen LogP contribution in [-0.2, 0) is 0 Å². The van der Waals surface area contributed by atoms with Gasteiger partial charge in [0.2, 0.25) is 5.82 Å². The minimum atomic E-state index is -2.18. The molecule has 0 nitrogen and oxygen atoms in total. The summed E-state index contributed by atoms with van der Waals surface area (Å²) in [4.78, 5) is 0. The van der Waals surface area contributed by atoms with Crippen molar-refractivity contribution in [3.8, 4) is 33.4 Å². The summed E-state index contributed by atoms with van der Waals surface area (Å²) in [6.07, 6.45) is 0. The molecule has 0 aromatic heterocycles. The van der Waals surface area contributed by atoms with Gasteiger partial charge in [-0.3, -0.25) is 0 Å². The molecule has 0 atom stereocenters. The van der Waals surface area contributed by atoms with Crippen LogP contribution in [0.3, 0.4) is 0 Å². The Morgan fingerprint density at radius 1 is 0.317 bits per heavy atom. The third-order valence-corrected chi connectivity index (χ3v) is 7.68. The van der Waals surface area contributed by atoms with Gasteiger partial charge in [0.15, 0.2) is 23.3 Å². The van der Waals surface area contributed by atoms with Crippen LogP contribution in [0.2, 0.25) is 0 Å². The largest absolute Gasteiger partial charge is 0.203 e. The molecule has 7 rings (SSSR count). The molecule has 198 valence electrons. The van der Waals surface area contributed by atoms with Gasteiger partial charge < -0.3 is 0 Å². The van der Waals surface area contributed by atoms with Gasteiger partial charge in [0.05, 0.1) is 5.56 Å². The van der Waals surface area contributed by atoms with E-state index in [0.717, 1.165) is 43.8 Å². The van der Waals surface area contributed by atoms with Crippen molar-refractivity contribution in [2.75, 3.05) is 0 Å². The van der Waals surface area contributed by atoms with Crippen molar-refractivity contribution in [2.45, 2.75) is 0 Å². The Bertz CT molecular complexity index is 2130. The lowest BCUT2D eigenvalue weighted by Crippen LogP contribution is -2.04. The van der Waals surface area contributed by atoms with Gasteiger partial charge in [-0.15, -0.1) is 0 Å². The third-order valence-electron chi connectivity index (χ3n) is 7.68. The van der Waals surface area contributed by atoms with Crippen molar-refractivity contribution in [1.29, 1.82) is 0 Å². The summed E-state index contributed by atoms with van der Waals surface area (Å²) in [5.74, 6) is -9.83. The summed E-state index contributed by atoms with van der Waals surface area (Å²) in [6.45, 7) is 0. The molecule has 0 saturated carbocycles. The van der Waals surface area contributed by atoms with E-state index in [1.807, 2.05) is 36.4 Å². The first kappa shape index (κ1) is 25.0. The number of fused-ring (bicyclic) bond motifs is 3. The predicted molar refractivity (Wildman–Crippen MR) is 155 cm³/mol. The Labute approximate surface area is 231 Å². The fraction of sp³-hybridized carbons (Fsp3) is 0. The molecule has 0 aliphatic carbocycles. The highest BCUT2D eigenvalue weighted by atomic mass is 19.2. The quantitative estimate of drug-likeness (QED) is 0.117. The SMILES string of the molecule is Fc1c(F)c(F)c(-c2ccc(-c3ccc(-c4ccc5ccccc5c4)c4ccccc34)c3ccccc23)c(F)c1F. The van der Waals surface area contributed by atoms with Crippen molar-refractivity contribution in [2.24, 2.45) is 0 Å². The molecule has 0 aliphatic rings. The third kappa shape index (κ3) is 3.88. The number of hydrogen-bond acceptors (Lipinski definition) is 0. The molecule has 0 aliphatic heterocycles.